The molecule has 0 unspecified atom stereocenters. The predicted molar refractivity (Wildman–Crippen MR) is 108 cm³/mol. The lowest BCUT2D eigenvalue weighted by atomic mass is 9.76. The van der Waals surface area contributed by atoms with Crippen LogP contribution >= 0.6 is 0 Å². The second-order valence-electron chi connectivity index (χ2n) is 8.66. The third-order valence-electron chi connectivity index (χ3n) is 6.55. The molecule has 7 heteroatoms. The number of hydrogen-bond donors (Lipinski definition) is 2. The molecule has 4 rings (SSSR count). The van der Waals surface area contributed by atoms with Gasteiger partial charge in [0, 0.05) is 24.4 Å². The van der Waals surface area contributed by atoms with E-state index in [9.17, 15) is 14.4 Å². The minimum absolute atomic E-state index is 0.194. The van der Waals surface area contributed by atoms with Crippen molar-refractivity contribution in [3.05, 3.63) is 29.3 Å². The Morgan fingerprint density at radius 1 is 1.21 bits per heavy atom. The monoisotopic (exact) mass is 399 g/mol. The number of methoxy groups -OCH3 is 1. The summed E-state index contributed by atoms with van der Waals surface area (Å²) in [6, 6.07) is 5.59. The second kappa shape index (κ2) is 7.22. The largest absolute Gasteiger partial charge is 0.383 e. The van der Waals surface area contributed by atoms with Crippen molar-refractivity contribution in [3.63, 3.8) is 0 Å². The number of imide groups is 1. The Morgan fingerprint density at radius 3 is 2.62 bits per heavy atom. The van der Waals surface area contributed by atoms with E-state index in [1.54, 1.807) is 7.11 Å². The number of ether oxygens (including phenoxy) is 1. The maximum Gasteiger partial charge on any atom is 0.250 e. The number of benzene rings is 1. The number of hydrogen-bond acceptors (Lipinski definition) is 5. The summed E-state index contributed by atoms with van der Waals surface area (Å²) in [6.45, 7) is 6.72. The molecule has 0 saturated carbocycles. The minimum Gasteiger partial charge on any atom is -0.383 e. The first-order valence-electron chi connectivity index (χ1n) is 10.4. The molecule has 0 aliphatic carbocycles. The number of aryl methyl sites for hydroxylation is 1. The van der Waals surface area contributed by atoms with Crippen molar-refractivity contribution in [1.29, 1.82) is 0 Å². The smallest absolute Gasteiger partial charge is 0.250 e. The average Bonchev–Trinajstić information content (AvgIpc) is 3.25. The van der Waals surface area contributed by atoms with Crippen molar-refractivity contribution in [1.82, 2.24) is 10.2 Å². The fourth-order valence-corrected chi connectivity index (χ4v) is 5.36. The van der Waals surface area contributed by atoms with E-state index in [4.69, 9.17) is 4.74 Å². The Bertz CT molecular complexity index is 868. The molecule has 2 N–H and O–H groups in total. The highest BCUT2D eigenvalue weighted by atomic mass is 16.5. The van der Waals surface area contributed by atoms with Crippen LogP contribution in [0.5, 0.6) is 0 Å². The molecular weight excluding hydrogens is 370 g/mol. The van der Waals surface area contributed by atoms with Gasteiger partial charge in [-0.25, -0.2) is 0 Å². The summed E-state index contributed by atoms with van der Waals surface area (Å²) < 4.78 is 5.10. The van der Waals surface area contributed by atoms with Crippen LogP contribution in [0.25, 0.3) is 0 Å². The van der Waals surface area contributed by atoms with Crippen molar-refractivity contribution < 1.29 is 19.1 Å². The Hall–Kier alpha value is -2.25. The van der Waals surface area contributed by atoms with Crippen molar-refractivity contribution >= 4 is 23.4 Å². The standard InChI is InChI=1S/C22H29N3O4/c1-5-13-7-6-8-14-18(13)23-21(28)22(14)17-16(15(24-22)11-12(2)3)19(26)25(20(17)27)9-10-29-4/h6-8,12,15-17,24H,5,9-11H2,1-4H3,(H,23,28)/t15-,16-,17+,22-/m1/s1. The van der Waals surface area contributed by atoms with Gasteiger partial charge in [-0.3, -0.25) is 24.6 Å². The highest BCUT2D eigenvalue weighted by Gasteiger charge is 2.70. The minimum atomic E-state index is -1.20. The van der Waals surface area contributed by atoms with Crippen LogP contribution in [0.4, 0.5) is 5.69 Å². The van der Waals surface area contributed by atoms with Crippen LogP contribution < -0.4 is 10.6 Å². The number of nitrogens with one attached hydrogen (secondary N) is 2. The lowest BCUT2D eigenvalue weighted by Crippen LogP contribution is -2.53. The normalized spacial score (nSPS) is 30.4. The van der Waals surface area contributed by atoms with Gasteiger partial charge in [-0.2, -0.15) is 0 Å². The van der Waals surface area contributed by atoms with Gasteiger partial charge in [0.2, 0.25) is 17.7 Å². The highest BCUT2D eigenvalue weighted by molar-refractivity contribution is 6.15. The van der Waals surface area contributed by atoms with Crippen LogP contribution in [-0.2, 0) is 31.1 Å². The third-order valence-corrected chi connectivity index (χ3v) is 6.55. The topological polar surface area (TPSA) is 87.7 Å². The lowest BCUT2D eigenvalue weighted by molar-refractivity contribution is -0.143. The summed E-state index contributed by atoms with van der Waals surface area (Å²) in [7, 11) is 1.55. The molecular formula is C22H29N3O4. The SMILES string of the molecule is CCc1cccc2c1NC(=O)[C@@]21N[C@H](CC(C)C)[C@H]2C(=O)N(CCOC)C(=O)[C@H]21. The zero-order valence-electron chi connectivity index (χ0n) is 17.5. The van der Waals surface area contributed by atoms with Crippen LogP contribution in [0.3, 0.4) is 0 Å². The zero-order valence-corrected chi connectivity index (χ0v) is 17.5. The van der Waals surface area contributed by atoms with E-state index in [2.05, 4.69) is 24.5 Å². The first-order valence-corrected chi connectivity index (χ1v) is 10.4. The molecule has 29 heavy (non-hydrogen) atoms. The molecule has 0 bridgehead atoms. The van der Waals surface area contributed by atoms with Crippen molar-refractivity contribution in [2.75, 3.05) is 25.6 Å². The van der Waals surface area contributed by atoms with Gasteiger partial charge in [0.25, 0.3) is 0 Å². The van der Waals surface area contributed by atoms with Crippen LogP contribution in [0, 0.1) is 17.8 Å². The number of carbonyl (C=O) groups excluding carboxylic acids is 3. The molecule has 2 fully saturated rings. The number of carbonyl (C=O) groups is 3. The zero-order chi connectivity index (χ0) is 20.9. The first-order chi connectivity index (χ1) is 13.9. The van der Waals surface area contributed by atoms with Crippen molar-refractivity contribution in [2.45, 2.75) is 45.2 Å². The van der Waals surface area contributed by atoms with E-state index >= 15 is 0 Å². The quantitative estimate of drug-likeness (QED) is 0.711. The average molecular weight is 399 g/mol. The molecule has 1 aromatic carbocycles. The molecule has 1 spiro atoms. The summed E-state index contributed by atoms with van der Waals surface area (Å²) in [5.74, 6) is -1.65. The fraction of sp³-hybridized carbons (Fsp3) is 0.591. The molecule has 3 amide bonds. The molecule has 1 aromatic rings. The number of fused-ring (bicyclic) bond motifs is 4. The molecule has 3 aliphatic rings. The highest BCUT2D eigenvalue weighted by Crippen LogP contribution is 2.54. The molecule has 2 saturated heterocycles. The lowest BCUT2D eigenvalue weighted by Gasteiger charge is -2.30. The number of likely N-dealkylation sites (tertiary alicyclic amines) is 1. The summed E-state index contributed by atoms with van der Waals surface area (Å²) in [5, 5.41) is 6.50. The maximum atomic E-state index is 13.4. The van der Waals surface area contributed by atoms with Crippen LogP contribution in [-0.4, -0.2) is 48.9 Å². The number of anilines is 1. The number of amides is 3. The van der Waals surface area contributed by atoms with E-state index in [-0.39, 0.29) is 36.9 Å². The molecule has 156 valence electrons. The van der Waals surface area contributed by atoms with Crippen molar-refractivity contribution in [3.8, 4) is 0 Å². The van der Waals surface area contributed by atoms with Gasteiger partial charge >= 0.3 is 0 Å². The van der Waals surface area contributed by atoms with Gasteiger partial charge < -0.3 is 10.1 Å². The second-order valence-corrected chi connectivity index (χ2v) is 8.66. The maximum absolute atomic E-state index is 13.4. The fourth-order valence-electron chi connectivity index (χ4n) is 5.36. The van der Waals surface area contributed by atoms with Crippen LogP contribution in [0.2, 0.25) is 0 Å². The summed E-state index contributed by atoms with van der Waals surface area (Å²) in [5.41, 5.74) is 1.41. The van der Waals surface area contributed by atoms with E-state index in [1.165, 1.54) is 4.90 Å². The van der Waals surface area contributed by atoms with E-state index in [0.717, 1.165) is 29.7 Å². The van der Waals surface area contributed by atoms with Gasteiger partial charge in [0.15, 0.2) is 0 Å². The third kappa shape index (κ3) is 2.74. The number of rotatable bonds is 6. The van der Waals surface area contributed by atoms with Gasteiger partial charge in [0.05, 0.1) is 25.0 Å². The van der Waals surface area contributed by atoms with Gasteiger partial charge in [-0.15, -0.1) is 0 Å². The predicted octanol–water partition coefficient (Wildman–Crippen LogP) is 1.66. The summed E-state index contributed by atoms with van der Waals surface area (Å²) >= 11 is 0. The molecule has 7 nitrogen and oxygen atoms in total. The Balaban J connectivity index is 1.84. The number of para-hydroxylation sites is 1. The molecule has 0 radical (unpaired) electrons. The molecule has 4 atom stereocenters. The van der Waals surface area contributed by atoms with E-state index < -0.39 is 17.4 Å². The van der Waals surface area contributed by atoms with E-state index in [0.29, 0.717) is 5.92 Å². The number of nitrogens with zero attached hydrogens (tertiary/aromatic N) is 1. The first kappa shape index (κ1) is 20.0. The van der Waals surface area contributed by atoms with Gasteiger partial charge in [-0.1, -0.05) is 39.0 Å². The molecule has 3 heterocycles. The molecule has 0 aromatic heterocycles. The van der Waals surface area contributed by atoms with Gasteiger partial charge in [-0.05, 0) is 24.3 Å². The molecule has 3 aliphatic heterocycles. The Kier molecular flexibility index (Phi) is 4.99. The van der Waals surface area contributed by atoms with Crippen LogP contribution in [0.1, 0.15) is 38.3 Å². The van der Waals surface area contributed by atoms with Gasteiger partial charge in [0.1, 0.15) is 5.54 Å². The summed E-state index contributed by atoms with van der Waals surface area (Å²) in [6.07, 6.45) is 1.49. The van der Waals surface area contributed by atoms with Crippen LogP contribution in [0.15, 0.2) is 18.2 Å². The summed E-state index contributed by atoms with van der Waals surface area (Å²) in [4.78, 5) is 41.4. The Morgan fingerprint density at radius 2 is 1.97 bits per heavy atom. The van der Waals surface area contributed by atoms with E-state index in [1.807, 2.05) is 25.1 Å². The Labute approximate surface area is 171 Å². The van der Waals surface area contributed by atoms with Crippen molar-refractivity contribution in [2.24, 2.45) is 17.8 Å².